The van der Waals surface area contributed by atoms with E-state index in [-0.39, 0.29) is 6.04 Å². The zero-order chi connectivity index (χ0) is 9.10. The summed E-state index contributed by atoms with van der Waals surface area (Å²) in [5.74, 6) is 0.874. The van der Waals surface area contributed by atoms with Gasteiger partial charge in [-0.2, -0.15) is 0 Å². The lowest BCUT2D eigenvalue weighted by molar-refractivity contribution is 0.122. The number of H-pyrrole nitrogens is 1. The van der Waals surface area contributed by atoms with E-state index in [0.717, 1.165) is 5.82 Å². The highest BCUT2D eigenvalue weighted by Crippen LogP contribution is 2.05. The summed E-state index contributed by atoms with van der Waals surface area (Å²) in [6, 6.07) is 0.0325. The van der Waals surface area contributed by atoms with E-state index >= 15 is 0 Å². The fourth-order valence-corrected chi connectivity index (χ4v) is 1.36. The van der Waals surface area contributed by atoms with Crippen molar-refractivity contribution in [1.82, 2.24) is 15.3 Å². The molecule has 2 atom stereocenters. The van der Waals surface area contributed by atoms with E-state index in [0.29, 0.717) is 19.8 Å². The molecule has 2 heterocycles. The van der Waals surface area contributed by atoms with Crippen molar-refractivity contribution in [2.75, 3.05) is 13.2 Å². The Morgan fingerprint density at radius 3 is 3.23 bits per heavy atom. The normalized spacial score (nSPS) is 28.1. The molecule has 2 rings (SSSR count). The Balaban J connectivity index is 1.79. The predicted molar refractivity (Wildman–Crippen MR) is 46.0 cm³/mol. The SMILES string of the molecule is O[C@@H]1COC[C@H]1NCc1ncc[nH]1. The number of rotatable bonds is 3. The van der Waals surface area contributed by atoms with Crippen LogP contribution in [0.4, 0.5) is 0 Å². The minimum atomic E-state index is -0.394. The highest BCUT2D eigenvalue weighted by atomic mass is 16.5. The van der Waals surface area contributed by atoms with Crippen LogP contribution in [0.2, 0.25) is 0 Å². The quantitative estimate of drug-likeness (QED) is 0.577. The van der Waals surface area contributed by atoms with Crippen molar-refractivity contribution in [1.29, 1.82) is 0 Å². The maximum absolute atomic E-state index is 9.40. The van der Waals surface area contributed by atoms with Gasteiger partial charge in [-0.3, -0.25) is 0 Å². The van der Waals surface area contributed by atoms with Gasteiger partial charge in [0.05, 0.1) is 31.9 Å². The molecule has 0 radical (unpaired) electrons. The maximum Gasteiger partial charge on any atom is 0.120 e. The molecule has 1 aliphatic rings. The van der Waals surface area contributed by atoms with Gasteiger partial charge in [0.15, 0.2) is 0 Å². The van der Waals surface area contributed by atoms with Crippen LogP contribution in [-0.4, -0.2) is 40.4 Å². The molecule has 0 bridgehead atoms. The minimum absolute atomic E-state index is 0.0325. The molecule has 1 aromatic heterocycles. The summed E-state index contributed by atoms with van der Waals surface area (Å²) in [5.41, 5.74) is 0. The molecule has 0 amide bonds. The van der Waals surface area contributed by atoms with Gasteiger partial charge in [-0.15, -0.1) is 0 Å². The van der Waals surface area contributed by atoms with Gasteiger partial charge in [-0.05, 0) is 0 Å². The Bertz CT molecular complexity index is 250. The van der Waals surface area contributed by atoms with Crippen LogP contribution in [0.5, 0.6) is 0 Å². The summed E-state index contributed by atoms with van der Waals surface area (Å²) in [6.45, 7) is 1.63. The first-order chi connectivity index (χ1) is 6.36. The molecular formula is C8H13N3O2. The van der Waals surface area contributed by atoms with E-state index in [1.807, 2.05) is 0 Å². The number of aliphatic hydroxyl groups excluding tert-OH is 1. The van der Waals surface area contributed by atoms with Crippen molar-refractivity contribution in [3.63, 3.8) is 0 Å². The largest absolute Gasteiger partial charge is 0.389 e. The Morgan fingerprint density at radius 2 is 2.62 bits per heavy atom. The molecule has 0 aliphatic carbocycles. The smallest absolute Gasteiger partial charge is 0.120 e. The van der Waals surface area contributed by atoms with E-state index in [9.17, 15) is 5.11 Å². The number of aliphatic hydroxyl groups is 1. The van der Waals surface area contributed by atoms with E-state index < -0.39 is 6.10 Å². The van der Waals surface area contributed by atoms with Gasteiger partial charge in [0.25, 0.3) is 0 Å². The van der Waals surface area contributed by atoms with E-state index in [1.54, 1.807) is 12.4 Å². The van der Waals surface area contributed by atoms with E-state index in [2.05, 4.69) is 15.3 Å². The Morgan fingerprint density at radius 1 is 1.69 bits per heavy atom. The number of aromatic nitrogens is 2. The van der Waals surface area contributed by atoms with Crippen LogP contribution in [0, 0.1) is 0 Å². The van der Waals surface area contributed by atoms with Gasteiger partial charge in [0.1, 0.15) is 5.82 Å². The molecule has 72 valence electrons. The lowest BCUT2D eigenvalue weighted by atomic mass is 10.2. The molecule has 5 nitrogen and oxygen atoms in total. The minimum Gasteiger partial charge on any atom is -0.389 e. The van der Waals surface area contributed by atoms with Gasteiger partial charge in [0.2, 0.25) is 0 Å². The summed E-state index contributed by atoms with van der Waals surface area (Å²) < 4.78 is 5.10. The first-order valence-corrected chi connectivity index (χ1v) is 4.33. The number of hydrogen-bond donors (Lipinski definition) is 3. The van der Waals surface area contributed by atoms with Crippen LogP contribution in [-0.2, 0) is 11.3 Å². The van der Waals surface area contributed by atoms with Crippen LogP contribution in [0.1, 0.15) is 5.82 Å². The summed E-state index contributed by atoms with van der Waals surface area (Å²) in [7, 11) is 0. The first kappa shape index (κ1) is 8.68. The van der Waals surface area contributed by atoms with Crippen molar-refractivity contribution in [2.45, 2.75) is 18.7 Å². The van der Waals surface area contributed by atoms with Gasteiger partial charge < -0.3 is 20.1 Å². The second-order valence-electron chi connectivity index (χ2n) is 3.13. The zero-order valence-corrected chi connectivity index (χ0v) is 7.23. The molecule has 0 aromatic carbocycles. The number of aromatic amines is 1. The topological polar surface area (TPSA) is 70.2 Å². The second kappa shape index (κ2) is 3.87. The zero-order valence-electron chi connectivity index (χ0n) is 7.23. The van der Waals surface area contributed by atoms with Crippen LogP contribution < -0.4 is 5.32 Å². The van der Waals surface area contributed by atoms with Gasteiger partial charge in [0, 0.05) is 12.4 Å². The molecule has 0 spiro atoms. The summed E-state index contributed by atoms with van der Waals surface area (Å²) in [4.78, 5) is 7.04. The Labute approximate surface area is 76.1 Å². The predicted octanol–water partition coefficient (Wildman–Crippen LogP) is -0.741. The molecule has 5 heteroatoms. The molecule has 3 N–H and O–H groups in total. The number of nitrogens with zero attached hydrogens (tertiary/aromatic N) is 1. The second-order valence-corrected chi connectivity index (χ2v) is 3.13. The van der Waals surface area contributed by atoms with Gasteiger partial charge in [-0.25, -0.2) is 4.98 Å². The summed E-state index contributed by atoms with van der Waals surface area (Å²) in [5, 5.41) is 12.6. The van der Waals surface area contributed by atoms with Crippen molar-refractivity contribution < 1.29 is 9.84 Å². The first-order valence-electron chi connectivity index (χ1n) is 4.33. The number of hydrogen-bond acceptors (Lipinski definition) is 4. The van der Waals surface area contributed by atoms with Crippen molar-refractivity contribution in [3.05, 3.63) is 18.2 Å². The number of nitrogens with one attached hydrogen (secondary N) is 2. The fourth-order valence-electron chi connectivity index (χ4n) is 1.36. The molecule has 0 unspecified atom stereocenters. The molecule has 1 fully saturated rings. The average Bonchev–Trinajstić information content (AvgIpc) is 2.72. The van der Waals surface area contributed by atoms with Crippen LogP contribution in [0.15, 0.2) is 12.4 Å². The van der Waals surface area contributed by atoms with Gasteiger partial charge in [-0.1, -0.05) is 0 Å². The Kier molecular flexibility index (Phi) is 2.58. The highest BCUT2D eigenvalue weighted by molar-refractivity contribution is 4.89. The third kappa shape index (κ3) is 2.06. The Hall–Kier alpha value is -0.910. The number of imidazole rings is 1. The van der Waals surface area contributed by atoms with Crippen molar-refractivity contribution in [2.24, 2.45) is 0 Å². The third-order valence-corrected chi connectivity index (χ3v) is 2.14. The standard InChI is InChI=1S/C8H13N3O2/c12-7-5-13-4-6(7)11-3-8-9-1-2-10-8/h1-2,6-7,11-12H,3-5H2,(H,9,10)/t6-,7-/m1/s1. The summed E-state index contributed by atoms with van der Waals surface area (Å²) in [6.07, 6.45) is 3.09. The number of ether oxygens (including phenoxy) is 1. The van der Waals surface area contributed by atoms with Crippen LogP contribution in [0.25, 0.3) is 0 Å². The third-order valence-electron chi connectivity index (χ3n) is 2.14. The molecule has 1 aromatic rings. The van der Waals surface area contributed by atoms with Crippen LogP contribution >= 0.6 is 0 Å². The molecule has 13 heavy (non-hydrogen) atoms. The maximum atomic E-state index is 9.40. The summed E-state index contributed by atoms with van der Waals surface area (Å²) >= 11 is 0. The molecule has 1 saturated heterocycles. The molecule has 1 aliphatic heterocycles. The molecular weight excluding hydrogens is 170 g/mol. The fraction of sp³-hybridized carbons (Fsp3) is 0.625. The average molecular weight is 183 g/mol. The van der Waals surface area contributed by atoms with Crippen molar-refractivity contribution in [3.8, 4) is 0 Å². The van der Waals surface area contributed by atoms with E-state index in [1.165, 1.54) is 0 Å². The molecule has 0 saturated carbocycles. The lowest BCUT2D eigenvalue weighted by Crippen LogP contribution is -2.38. The lowest BCUT2D eigenvalue weighted by Gasteiger charge is -2.12. The highest BCUT2D eigenvalue weighted by Gasteiger charge is 2.25. The van der Waals surface area contributed by atoms with Crippen molar-refractivity contribution >= 4 is 0 Å². The van der Waals surface area contributed by atoms with E-state index in [4.69, 9.17) is 4.74 Å². The van der Waals surface area contributed by atoms with Gasteiger partial charge >= 0.3 is 0 Å². The monoisotopic (exact) mass is 183 g/mol. The van der Waals surface area contributed by atoms with Crippen LogP contribution in [0.3, 0.4) is 0 Å².